The molecule has 0 aliphatic rings. The van der Waals surface area contributed by atoms with Crippen molar-refractivity contribution in [3.8, 4) is 0 Å². The molecule has 0 saturated carbocycles. The average Bonchev–Trinajstić information content (AvgIpc) is 2.96. The molecule has 0 aliphatic heterocycles. The van der Waals surface area contributed by atoms with E-state index in [0.29, 0.717) is 0 Å². The Morgan fingerprint density at radius 1 is 1.15 bits per heavy atom. The Bertz CT molecular complexity index is 581. The number of carbonyl (C=O) groups is 1. The summed E-state index contributed by atoms with van der Waals surface area (Å²) in [5.74, 6) is 0.640. The second-order valence-corrected chi connectivity index (χ2v) is 4.57. The zero-order valence-electron chi connectivity index (χ0n) is 12.2. The minimum Gasteiger partial charge on any atom is -0.319 e. The van der Waals surface area contributed by atoms with E-state index in [1.807, 2.05) is 25.1 Å². The number of nitrogens with one attached hydrogen (secondary N) is 2. The number of benzene rings is 1. The van der Waals surface area contributed by atoms with E-state index in [0.717, 1.165) is 41.9 Å². The number of anilines is 1. The molecule has 0 atom stereocenters. The second kappa shape index (κ2) is 6.32. The first-order valence-corrected chi connectivity index (χ1v) is 7.02. The van der Waals surface area contributed by atoms with E-state index in [1.54, 1.807) is 0 Å². The first-order valence-electron chi connectivity index (χ1n) is 7.02. The Morgan fingerprint density at radius 3 is 2.30 bits per heavy atom. The zero-order valence-corrected chi connectivity index (χ0v) is 12.2. The average molecular weight is 272 g/mol. The summed E-state index contributed by atoms with van der Waals surface area (Å²) >= 11 is 0. The first-order chi connectivity index (χ1) is 9.69. The van der Waals surface area contributed by atoms with E-state index in [-0.39, 0.29) is 11.7 Å². The van der Waals surface area contributed by atoms with Crippen molar-refractivity contribution < 1.29 is 4.79 Å². The number of aromatic nitrogens is 3. The van der Waals surface area contributed by atoms with Crippen LogP contribution in [0.3, 0.4) is 0 Å². The monoisotopic (exact) mass is 272 g/mol. The van der Waals surface area contributed by atoms with E-state index >= 15 is 0 Å². The van der Waals surface area contributed by atoms with Gasteiger partial charge in [-0.05, 0) is 24.0 Å². The predicted octanol–water partition coefficient (Wildman–Crippen LogP) is 2.74. The molecule has 0 fully saturated rings. The van der Waals surface area contributed by atoms with Crippen molar-refractivity contribution in [3.05, 3.63) is 41.0 Å². The van der Waals surface area contributed by atoms with Crippen LogP contribution in [0, 0.1) is 0 Å². The van der Waals surface area contributed by atoms with Crippen molar-refractivity contribution in [2.24, 2.45) is 0 Å². The molecule has 0 radical (unpaired) electrons. The maximum Gasteiger partial charge on any atom is 0.295 e. The van der Waals surface area contributed by atoms with E-state index in [2.05, 4.69) is 34.3 Å². The lowest BCUT2D eigenvalue weighted by molar-refractivity contribution is 0.101. The molecule has 2 rings (SSSR count). The third-order valence-electron chi connectivity index (χ3n) is 3.31. The van der Waals surface area contributed by atoms with E-state index < -0.39 is 0 Å². The third-order valence-corrected chi connectivity index (χ3v) is 3.31. The lowest BCUT2D eigenvalue weighted by Crippen LogP contribution is -2.16. The van der Waals surface area contributed by atoms with Gasteiger partial charge < -0.3 is 5.32 Å². The number of aryl methyl sites for hydroxylation is 3. The van der Waals surface area contributed by atoms with Crippen molar-refractivity contribution in [2.45, 2.75) is 40.0 Å². The van der Waals surface area contributed by atoms with Crippen LogP contribution in [-0.2, 0) is 19.3 Å². The van der Waals surface area contributed by atoms with Gasteiger partial charge in [0, 0.05) is 12.1 Å². The van der Waals surface area contributed by atoms with Crippen LogP contribution in [0.2, 0.25) is 0 Å². The summed E-state index contributed by atoms with van der Waals surface area (Å²) in [5.41, 5.74) is 3.15. The summed E-state index contributed by atoms with van der Waals surface area (Å²) in [4.78, 5) is 16.4. The molecule has 5 nitrogen and oxygen atoms in total. The van der Waals surface area contributed by atoms with E-state index in [1.165, 1.54) is 0 Å². The van der Waals surface area contributed by atoms with E-state index in [4.69, 9.17) is 0 Å². The van der Waals surface area contributed by atoms with Crippen LogP contribution < -0.4 is 5.32 Å². The lowest BCUT2D eigenvalue weighted by atomic mass is 10.0. The number of carbonyl (C=O) groups excluding carboxylic acids is 1. The summed E-state index contributed by atoms with van der Waals surface area (Å²) in [6.07, 6.45) is 2.47. The van der Waals surface area contributed by atoms with Crippen molar-refractivity contribution >= 4 is 11.6 Å². The molecule has 2 aromatic rings. The summed E-state index contributed by atoms with van der Waals surface area (Å²) in [7, 11) is 0. The fourth-order valence-electron chi connectivity index (χ4n) is 2.13. The van der Waals surface area contributed by atoms with Crippen LogP contribution >= 0.6 is 0 Å². The summed E-state index contributed by atoms with van der Waals surface area (Å²) < 4.78 is 0. The molecule has 0 saturated heterocycles. The van der Waals surface area contributed by atoms with Gasteiger partial charge in [-0.15, -0.1) is 5.10 Å². The van der Waals surface area contributed by atoms with Gasteiger partial charge in [-0.25, -0.2) is 4.98 Å². The quantitative estimate of drug-likeness (QED) is 0.879. The van der Waals surface area contributed by atoms with Crippen molar-refractivity contribution in [1.82, 2.24) is 15.2 Å². The zero-order chi connectivity index (χ0) is 14.5. The molecule has 0 aliphatic carbocycles. The molecule has 2 N–H and O–H groups in total. The van der Waals surface area contributed by atoms with Crippen molar-refractivity contribution in [1.29, 1.82) is 0 Å². The van der Waals surface area contributed by atoms with Crippen LogP contribution in [0.1, 0.15) is 48.3 Å². The van der Waals surface area contributed by atoms with Gasteiger partial charge in [-0.2, -0.15) is 0 Å². The van der Waals surface area contributed by atoms with Crippen LogP contribution in [-0.4, -0.2) is 21.1 Å². The molecule has 1 amide bonds. The number of hydrogen-bond donors (Lipinski definition) is 2. The lowest BCUT2D eigenvalue weighted by Gasteiger charge is -2.13. The highest BCUT2D eigenvalue weighted by atomic mass is 16.2. The predicted molar refractivity (Wildman–Crippen MR) is 78.9 cm³/mol. The van der Waals surface area contributed by atoms with Gasteiger partial charge in [-0.3, -0.25) is 9.89 Å². The number of H-pyrrole nitrogens is 1. The standard InChI is InChI=1S/C15H20N4O/c1-4-10-8-7-9-11(5-2)13(10)17-15(20)14-16-12(6-3)18-19-14/h7-9H,4-6H2,1-3H3,(H,17,20)(H,16,18,19). The number of rotatable bonds is 5. The van der Waals surface area contributed by atoms with Gasteiger partial charge in [-0.1, -0.05) is 39.0 Å². The van der Waals surface area contributed by atoms with Gasteiger partial charge in [0.15, 0.2) is 0 Å². The molecule has 1 aromatic heterocycles. The number of para-hydroxylation sites is 1. The number of aromatic amines is 1. The van der Waals surface area contributed by atoms with Gasteiger partial charge in [0.1, 0.15) is 5.82 Å². The molecular formula is C15H20N4O. The Hall–Kier alpha value is -2.17. The van der Waals surface area contributed by atoms with Crippen molar-refractivity contribution in [3.63, 3.8) is 0 Å². The maximum atomic E-state index is 12.2. The third kappa shape index (κ3) is 2.87. The van der Waals surface area contributed by atoms with Crippen LogP contribution in [0.15, 0.2) is 18.2 Å². The summed E-state index contributed by atoms with van der Waals surface area (Å²) in [6, 6.07) is 6.09. The highest BCUT2D eigenvalue weighted by molar-refractivity contribution is 6.02. The van der Waals surface area contributed by atoms with Crippen LogP contribution in [0.5, 0.6) is 0 Å². The highest BCUT2D eigenvalue weighted by Gasteiger charge is 2.15. The molecule has 1 aromatic carbocycles. The Balaban J connectivity index is 2.27. The Kier molecular flexibility index (Phi) is 4.50. The summed E-state index contributed by atoms with van der Waals surface area (Å²) in [5, 5.41) is 9.65. The Labute approximate surface area is 118 Å². The SMILES string of the molecule is CCc1nc(C(=O)Nc2c(CC)cccc2CC)n[nH]1. The smallest absolute Gasteiger partial charge is 0.295 e. The molecule has 0 spiro atoms. The second-order valence-electron chi connectivity index (χ2n) is 4.57. The van der Waals surface area contributed by atoms with Gasteiger partial charge in [0.25, 0.3) is 5.91 Å². The topological polar surface area (TPSA) is 70.7 Å². The Morgan fingerprint density at radius 2 is 1.80 bits per heavy atom. The fourth-order valence-corrected chi connectivity index (χ4v) is 2.13. The number of hydrogen-bond acceptors (Lipinski definition) is 3. The van der Waals surface area contributed by atoms with Gasteiger partial charge in [0.2, 0.25) is 5.82 Å². The first kappa shape index (κ1) is 14.2. The number of nitrogens with zero attached hydrogens (tertiary/aromatic N) is 2. The largest absolute Gasteiger partial charge is 0.319 e. The number of amides is 1. The van der Waals surface area contributed by atoms with Crippen molar-refractivity contribution in [2.75, 3.05) is 5.32 Å². The van der Waals surface area contributed by atoms with Gasteiger partial charge in [0.05, 0.1) is 0 Å². The summed E-state index contributed by atoms with van der Waals surface area (Å²) in [6.45, 7) is 6.11. The fraction of sp³-hybridized carbons (Fsp3) is 0.400. The van der Waals surface area contributed by atoms with Crippen LogP contribution in [0.4, 0.5) is 5.69 Å². The highest BCUT2D eigenvalue weighted by Crippen LogP contribution is 2.22. The normalized spacial score (nSPS) is 10.6. The molecule has 5 heteroatoms. The van der Waals surface area contributed by atoms with E-state index in [9.17, 15) is 4.79 Å². The molecule has 0 bridgehead atoms. The molecular weight excluding hydrogens is 252 g/mol. The molecule has 0 unspecified atom stereocenters. The molecule has 20 heavy (non-hydrogen) atoms. The van der Waals surface area contributed by atoms with Crippen LogP contribution in [0.25, 0.3) is 0 Å². The molecule has 106 valence electrons. The maximum absolute atomic E-state index is 12.2. The minimum absolute atomic E-state index is 0.190. The van der Waals surface area contributed by atoms with Gasteiger partial charge >= 0.3 is 0 Å². The molecule has 1 heterocycles. The minimum atomic E-state index is -0.267.